The molecule has 1 aliphatic rings. The van der Waals surface area contributed by atoms with Gasteiger partial charge in [0.05, 0.1) is 17.3 Å². The first-order valence-electron chi connectivity index (χ1n) is 6.86. The van der Waals surface area contributed by atoms with E-state index in [2.05, 4.69) is 22.1 Å². The summed E-state index contributed by atoms with van der Waals surface area (Å²) in [5.74, 6) is 0.722. The molecule has 0 unspecified atom stereocenters. The highest BCUT2D eigenvalue weighted by atomic mass is 35.5. The molecule has 20 heavy (non-hydrogen) atoms. The Hall–Kier alpha value is -1.52. The van der Waals surface area contributed by atoms with Crippen LogP contribution in [0.3, 0.4) is 0 Å². The zero-order valence-electron chi connectivity index (χ0n) is 11.7. The number of benzene rings is 1. The molecule has 1 N–H and O–H groups in total. The summed E-state index contributed by atoms with van der Waals surface area (Å²) in [4.78, 5) is 2.30. The van der Waals surface area contributed by atoms with Gasteiger partial charge < -0.3 is 9.64 Å². The third kappa shape index (κ3) is 2.41. The van der Waals surface area contributed by atoms with Crippen LogP contribution in [0.2, 0.25) is 5.02 Å². The van der Waals surface area contributed by atoms with Gasteiger partial charge in [-0.15, -0.1) is 0 Å². The first kappa shape index (κ1) is 13.5. The lowest BCUT2D eigenvalue weighted by Gasteiger charge is -2.22. The number of fused-ring (bicyclic) bond motifs is 1. The van der Waals surface area contributed by atoms with Crippen molar-refractivity contribution in [2.24, 2.45) is 0 Å². The van der Waals surface area contributed by atoms with Crippen molar-refractivity contribution in [1.82, 2.24) is 15.1 Å². The first-order valence-corrected chi connectivity index (χ1v) is 7.24. The van der Waals surface area contributed by atoms with Crippen LogP contribution in [0.25, 0.3) is 11.3 Å². The Morgan fingerprint density at radius 3 is 3.05 bits per heavy atom. The Bertz CT molecular complexity index is 624. The topological polar surface area (TPSA) is 41.1 Å². The fraction of sp³-hybridized carbons (Fsp3) is 0.400. The monoisotopic (exact) mass is 291 g/mol. The first-order chi connectivity index (χ1) is 9.69. The minimum absolute atomic E-state index is 0.613. The molecule has 106 valence electrons. The molecule has 0 aliphatic carbocycles. The molecule has 2 heterocycles. The molecule has 4 nitrogen and oxygen atoms in total. The molecule has 0 saturated heterocycles. The quantitative estimate of drug-likeness (QED) is 0.945. The summed E-state index contributed by atoms with van der Waals surface area (Å²) < 4.78 is 5.47. The average Bonchev–Trinajstić information content (AvgIpc) is 2.84. The van der Waals surface area contributed by atoms with Crippen molar-refractivity contribution in [1.29, 1.82) is 0 Å². The fourth-order valence-electron chi connectivity index (χ4n) is 2.59. The van der Waals surface area contributed by atoms with E-state index in [0.29, 0.717) is 11.6 Å². The van der Waals surface area contributed by atoms with Crippen molar-refractivity contribution >= 4 is 11.6 Å². The number of hydrogen-bond acceptors (Lipinski definition) is 3. The van der Waals surface area contributed by atoms with Crippen LogP contribution in [-0.4, -0.2) is 35.3 Å². The van der Waals surface area contributed by atoms with Gasteiger partial charge in [-0.3, -0.25) is 5.10 Å². The van der Waals surface area contributed by atoms with Crippen LogP contribution < -0.4 is 4.74 Å². The van der Waals surface area contributed by atoms with Crippen molar-refractivity contribution < 1.29 is 4.74 Å². The zero-order chi connectivity index (χ0) is 14.1. The van der Waals surface area contributed by atoms with E-state index in [0.717, 1.165) is 36.5 Å². The lowest BCUT2D eigenvalue weighted by Crippen LogP contribution is -2.26. The SMILES string of the molecule is CCOc1ccc(-c2n[nH]c3c2CN(C)CC3)cc1Cl. The number of H-pyrrole nitrogens is 1. The highest BCUT2D eigenvalue weighted by molar-refractivity contribution is 6.32. The maximum Gasteiger partial charge on any atom is 0.137 e. The van der Waals surface area contributed by atoms with E-state index in [9.17, 15) is 0 Å². The predicted molar refractivity (Wildman–Crippen MR) is 80.2 cm³/mol. The average molecular weight is 292 g/mol. The van der Waals surface area contributed by atoms with Gasteiger partial charge in [0, 0.05) is 36.3 Å². The summed E-state index contributed by atoms with van der Waals surface area (Å²) in [7, 11) is 2.13. The molecule has 0 amide bonds. The summed E-state index contributed by atoms with van der Waals surface area (Å²) in [6, 6.07) is 5.86. The molecule has 1 aliphatic heterocycles. The third-order valence-electron chi connectivity index (χ3n) is 3.63. The van der Waals surface area contributed by atoms with Crippen molar-refractivity contribution in [2.45, 2.75) is 19.9 Å². The molecule has 0 spiro atoms. The summed E-state index contributed by atoms with van der Waals surface area (Å²) in [5, 5.41) is 8.25. The molecule has 0 atom stereocenters. The van der Waals surface area contributed by atoms with E-state index >= 15 is 0 Å². The van der Waals surface area contributed by atoms with Crippen LogP contribution in [0.15, 0.2) is 18.2 Å². The summed E-state index contributed by atoms with van der Waals surface area (Å²) in [6.07, 6.45) is 1.02. The van der Waals surface area contributed by atoms with Gasteiger partial charge in [-0.1, -0.05) is 11.6 Å². The van der Waals surface area contributed by atoms with Crippen molar-refractivity contribution in [3.8, 4) is 17.0 Å². The maximum atomic E-state index is 6.26. The Kier molecular flexibility index (Phi) is 3.68. The second-order valence-corrected chi connectivity index (χ2v) is 5.50. The van der Waals surface area contributed by atoms with Gasteiger partial charge in [0.2, 0.25) is 0 Å². The largest absolute Gasteiger partial charge is 0.492 e. The molecule has 3 rings (SSSR count). The van der Waals surface area contributed by atoms with E-state index in [1.165, 1.54) is 11.3 Å². The second kappa shape index (κ2) is 5.46. The number of nitrogens with zero attached hydrogens (tertiary/aromatic N) is 2. The minimum Gasteiger partial charge on any atom is -0.492 e. The third-order valence-corrected chi connectivity index (χ3v) is 3.92. The Labute approximate surface area is 123 Å². The van der Waals surface area contributed by atoms with E-state index in [-0.39, 0.29) is 0 Å². The number of rotatable bonds is 3. The summed E-state index contributed by atoms with van der Waals surface area (Å²) in [6.45, 7) is 4.55. The number of ether oxygens (including phenoxy) is 1. The van der Waals surface area contributed by atoms with Crippen LogP contribution in [0, 0.1) is 0 Å². The van der Waals surface area contributed by atoms with Gasteiger partial charge in [0.25, 0.3) is 0 Å². The van der Waals surface area contributed by atoms with Crippen molar-refractivity contribution in [3.63, 3.8) is 0 Å². The van der Waals surface area contributed by atoms with E-state index in [4.69, 9.17) is 16.3 Å². The lowest BCUT2D eigenvalue weighted by molar-refractivity contribution is 0.312. The molecular formula is C15H18ClN3O. The number of likely N-dealkylation sites (N-methyl/N-ethyl adjacent to an activating group) is 1. The molecule has 0 bridgehead atoms. The Morgan fingerprint density at radius 2 is 2.30 bits per heavy atom. The number of halogens is 1. The molecule has 0 saturated carbocycles. The highest BCUT2D eigenvalue weighted by Gasteiger charge is 2.21. The normalized spacial score (nSPS) is 15.2. The number of nitrogens with one attached hydrogen (secondary N) is 1. The second-order valence-electron chi connectivity index (χ2n) is 5.10. The van der Waals surface area contributed by atoms with Gasteiger partial charge in [-0.25, -0.2) is 0 Å². The molecule has 0 fully saturated rings. The molecule has 1 aromatic heterocycles. The van der Waals surface area contributed by atoms with E-state index < -0.39 is 0 Å². The number of aromatic nitrogens is 2. The predicted octanol–water partition coefficient (Wildman–Crippen LogP) is 3.12. The van der Waals surface area contributed by atoms with Gasteiger partial charge in [-0.2, -0.15) is 5.10 Å². The number of aromatic amines is 1. The van der Waals surface area contributed by atoms with Gasteiger partial charge in [0.15, 0.2) is 0 Å². The maximum absolute atomic E-state index is 6.26. The fourth-order valence-corrected chi connectivity index (χ4v) is 2.82. The lowest BCUT2D eigenvalue weighted by atomic mass is 10.0. The van der Waals surface area contributed by atoms with Gasteiger partial charge in [-0.05, 0) is 32.2 Å². The minimum atomic E-state index is 0.613. The van der Waals surface area contributed by atoms with Crippen molar-refractivity contribution in [2.75, 3.05) is 20.2 Å². The van der Waals surface area contributed by atoms with Crippen LogP contribution in [0.5, 0.6) is 5.75 Å². The van der Waals surface area contributed by atoms with Gasteiger partial charge >= 0.3 is 0 Å². The molecular weight excluding hydrogens is 274 g/mol. The standard InChI is InChI=1S/C15H18ClN3O/c1-3-20-14-5-4-10(8-12(14)16)15-11-9-19(2)7-6-13(11)17-18-15/h4-5,8H,3,6-7,9H2,1-2H3,(H,17,18). The highest BCUT2D eigenvalue weighted by Crippen LogP contribution is 2.33. The molecule has 1 aromatic carbocycles. The van der Waals surface area contributed by atoms with Gasteiger partial charge in [0.1, 0.15) is 5.75 Å². The summed E-state index contributed by atoms with van der Waals surface area (Å²) >= 11 is 6.26. The summed E-state index contributed by atoms with van der Waals surface area (Å²) in [5.41, 5.74) is 4.55. The Morgan fingerprint density at radius 1 is 1.45 bits per heavy atom. The zero-order valence-corrected chi connectivity index (χ0v) is 12.5. The van der Waals surface area contributed by atoms with Crippen LogP contribution in [0.4, 0.5) is 0 Å². The molecule has 0 radical (unpaired) electrons. The number of hydrogen-bond donors (Lipinski definition) is 1. The molecule has 5 heteroatoms. The smallest absolute Gasteiger partial charge is 0.137 e. The molecule has 2 aromatic rings. The Balaban J connectivity index is 1.98. The van der Waals surface area contributed by atoms with E-state index in [1.54, 1.807) is 0 Å². The van der Waals surface area contributed by atoms with Crippen LogP contribution in [0.1, 0.15) is 18.2 Å². The van der Waals surface area contributed by atoms with Crippen molar-refractivity contribution in [3.05, 3.63) is 34.5 Å². The van der Waals surface area contributed by atoms with Crippen LogP contribution in [-0.2, 0) is 13.0 Å². The van der Waals surface area contributed by atoms with E-state index in [1.807, 2.05) is 25.1 Å². The van der Waals surface area contributed by atoms with Crippen LogP contribution >= 0.6 is 11.6 Å².